The third-order valence-corrected chi connectivity index (χ3v) is 5.28. The van der Waals surface area contributed by atoms with Crippen LogP contribution in [0.15, 0.2) is 23.4 Å². The van der Waals surface area contributed by atoms with Crippen molar-refractivity contribution in [2.24, 2.45) is 11.1 Å². The predicted molar refractivity (Wildman–Crippen MR) is 92.1 cm³/mol. The molecule has 0 spiro atoms. The highest BCUT2D eigenvalue weighted by Crippen LogP contribution is 2.28. The fraction of sp³-hybridized carbons (Fsp3) is 0.529. The summed E-state index contributed by atoms with van der Waals surface area (Å²) in [5.41, 5.74) is 1.75. The van der Waals surface area contributed by atoms with Gasteiger partial charge in [-0.1, -0.05) is 47.3 Å². The lowest BCUT2D eigenvalue weighted by molar-refractivity contribution is -0.135. The maximum Gasteiger partial charge on any atom is 0.225 e. The Morgan fingerprint density at radius 2 is 2.04 bits per heavy atom. The summed E-state index contributed by atoms with van der Waals surface area (Å²) in [5, 5.41) is 5.17. The van der Waals surface area contributed by atoms with E-state index < -0.39 is 0 Å². The molecule has 0 N–H and O–H groups in total. The normalized spacial score (nSPS) is 21.2. The lowest BCUT2D eigenvalue weighted by Gasteiger charge is -2.23. The molecule has 1 aromatic rings. The van der Waals surface area contributed by atoms with Crippen molar-refractivity contribution in [3.8, 4) is 0 Å². The molecule has 0 bridgehead atoms. The zero-order chi connectivity index (χ0) is 16.4. The van der Waals surface area contributed by atoms with Gasteiger partial charge in [0.25, 0.3) is 0 Å². The summed E-state index contributed by atoms with van der Waals surface area (Å²) in [6, 6.07) is 5.43. The molecular weight excluding hydrogens is 335 g/mol. The number of hydrogen-bond acceptors (Lipinski definition) is 3. The van der Waals surface area contributed by atoms with E-state index in [0.29, 0.717) is 23.0 Å². The summed E-state index contributed by atoms with van der Waals surface area (Å²) >= 11 is 12.0. The Morgan fingerprint density at radius 3 is 2.74 bits per heavy atom. The summed E-state index contributed by atoms with van der Waals surface area (Å²) in [5.74, 6) is 0.422. The van der Waals surface area contributed by atoms with E-state index in [1.807, 2.05) is 13.1 Å². The van der Waals surface area contributed by atoms with Crippen LogP contribution in [0.1, 0.15) is 37.7 Å². The number of carbonyl (C=O) groups is 1. The van der Waals surface area contributed by atoms with Crippen molar-refractivity contribution in [2.75, 3.05) is 13.6 Å². The van der Waals surface area contributed by atoms with E-state index in [2.05, 4.69) is 5.16 Å². The van der Waals surface area contributed by atoms with Crippen molar-refractivity contribution < 1.29 is 9.63 Å². The monoisotopic (exact) mass is 354 g/mol. The quantitative estimate of drug-likeness (QED) is 0.815. The Balaban J connectivity index is 1.56. The molecule has 4 nitrogen and oxygen atoms in total. The minimum Gasteiger partial charge on any atom is -0.390 e. The van der Waals surface area contributed by atoms with Gasteiger partial charge in [-0.2, -0.15) is 0 Å². The first kappa shape index (κ1) is 16.6. The first-order chi connectivity index (χ1) is 11.0. The summed E-state index contributed by atoms with van der Waals surface area (Å²) in [6.45, 7) is 0.559. The minimum absolute atomic E-state index is 0.102. The van der Waals surface area contributed by atoms with Gasteiger partial charge in [0.15, 0.2) is 6.10 Å². The third kappa shape index (κ3) is 3.81. The van der Waals surface area contributed by atoms with Gasteiger partial charge in [0, 0.05) is 24.9 Å². The highest BCUT2D eigenvalue weighted by molar-refractivity contribution is 6.42. The van der Waals surface area contributed by atoms with Crippen LogP contribution in [0.2, 0.25) is 10.0 Å². The maximum absolute atomic E-state index is 12.4. The van der Waals surface area contributed by atoms with Gasteiger partial charge >= 0.3 is 0 Å². The topological polar surface area (TPSA) is 41.9 Å². The van der Waals surface area contributed by atoms with Crippen molar-refractivity contribution in [3.63, 3.8) is 0 Å². The van der Waals surface area contributed by atoms with Gasteiger partial charge in [-0.25, -0.2) is 0 Å². The highest BCUT2D eigenvalue weighted by Gasteiger charge is 2.29. The molecule has 1 unspecified atom stereocenters. The number of hydrogen-bond donors (Lipinski definition) is 0. The standard InChI is InChI=1S/C17H20Cl2N2O2/c1-21(17(22)11-4-2-3-5-11)10-13-9-16(20-23-13)12-6-7-14(18)15(19)8-12/h6-8,11,13H,2-5,9-10H2,1H3. The molecule has 1 aromatic carbocycles. The van der Waals surface area contributed by atoms with Crippen molar-refractivity contribution in [2.45, 2.75) is 38.2 Å². The van der Waals surface area contributed by atoms with Crippen LogP contribution in [0.5, 0.6) is 0 Å². The number of oxime groups is 1. The average Bonchev–Trinajstić information content (AvgIpc) is 3.20. The summed E-state index contributed by atoms with van der Waals surface area (Å²) < 4.78 is 0. The number of halogens is 2. The lowest BCUT2D eigenvalue weighted by atomic mass is 10.0. The molecule has 124 valence electrons. The number of rotatable bonds is 4. The zero-order valence-corrected chi connectivity index (χ0v) is 14.6. The maximum atomic E-state index is 12.4. The number of carbonyl (C=O) groups excluding carboxylic acids is 1. The van der Waals surface area contributed by atoms with Crippen molar-refractivity contribution in [3.05, 3.63) is 33.8 Å². The van der Waals surface area contributed by atoms with Gasteiger partial charge in [0.2, 0.25) is 5.91 Å². The van der Waals surface area contributed by atoms with Crippen LogP contribution < -0.4 is 0 Å². The van der Waals surface area contributed by atoms with E-state index in [4.69, 9.17) is 28.0 Å². The Labute approximate surface area is 146 Å². The molecule has 23 heavy (non-hydrogen) atoms. The molecule has 1 atom stereocenters. The molecule has 1 saturated carbocycles. The van der Waals surface area contributed by atoms with Crippen LogP contribution in [-0.4, -0.2) is 36.2 Å². The Morgan fingerprint density at radius 1 is 1.30 bits per heavy atom. The zero-order valence-electron chi connectivity index (χ0n) is 13.1. The highest BCUT2D eigenvalue weighted by atomic mass is 35.5. The molecule has 1 aliphatic carbocycles. The van der Waals surface area contributed by atoms with E-state index >= 15 is 0 Å². The van der Waals surface area contributed by atoms with Crippen LogP contribution in [0.25, 0.3) is 0 Å². The molecule has 3 rings (SSSR count). The average molecular weight is 355 g/mol. The fourth-order valence-corrected chi connectivity index (χ4v) is 3.55. The first-order valence-electron chi connectivity index (χ1n) is 7.97. The van der Waals surface area contributed by atoms with Crippen LogP contribution >= 0.6 is 23.2 Å². The summed E-state index contributed by atoms with van der Waals surface area (Å²) in [4.78, 5) is 19.6. The molecule has 1 heterocycles. The van der Waals surface area contributed by atoms with Crippen LogP contribution in [0.4, 0.5) is 0 Å². The lowest BCUT2D eigenvalue weighted by Crippen LogP contribution is -2.37. The molecular formula is C17H20Cl2N2O2. The number of likely N-dealkylation sites (N-methyl/N-ethyl adjacent to an activating group) is 1. The Hall–Kier alpha value is -1.26. The van der Waals surface area contributed by atoms with Gasteiger partial charge in [-0.3, -0.25) is 4.79 Å². The van der Waals surface area contributed by atoms with Crippen molar-refractivity contribution in [1.82, 2.24) is 4.90 Å². The number of nitrogens with zero attached hydrogens (tertiary/aromatic N) is 2. The Bertz CT molecular complexity index is 627. The fourth-order valence-electron chi connectivity index (χ4n) is 3.25. The van der Waals surface area contributed by atoms with Gasteiger partial charge in [-0.05, 0) is 25.0 Å². The molecule has 1 aliphatic heterocycles. The van der Waals surface area contributed by atoms with Crippen LogP contribution in [0, 0.1) is 5.92 Å². The van der Waals surface area contributed by atoms with Crippen LogP contribution in [0.3, 0.4) is 0 Å². The second kappa shape index (κ2) is 7.10. The molecule has 1 fully saturated rings. The van der Waals surface area contributed by atoms with E-state index in [-0.39, 0.29) is 17.9 Å². The second-order valence-corrected chi connectivity index (χ2v) is 7.11. The van der Waals surface area contributed by atoms with Gasteiger partial charge in [-0.15, -0.1) is 0 Å². The van der Waals surface area contributed by atoms with Gasteiger partial charge < -0.3 is 9.74 Å². The number of amides is 1. The second-order valence-electron chi connectivity index (χ2n) is 6.30. The largest absolute Gasteiger partial charge is 0.390 e. The van der Waals surface area contributed by atoms with Gasteiger partial charge in [0.05, 0.1) is 22.3 Å². The minimum atomic E-state index is -0.102. The molecule has 0 aromatic heterocycles. The summed E-state index contributed by atoms with van der Waals surface area (Å²) in [6.07, 6.45) is 4.92. The molecule has 0 saturated heterocycles. The molecule has 2 aliphatic rings. The summed E-state index contributed by atoms with van der Waals surface area (Å²) in [7, 11) is 1.85. The van der Waals surface area contributed by atoms with Crippen molar-refractivity contribution >= 4 is 34.8 Å². The van der Waals surface area contributed by atoms with Crippen LogP contribution in [-0.2, 0) is 9.63 Å². The van der Waals surface area contributed by atoms with Gasteiger partial charge in [0.1, 0.15) is 0 Å². The van der Waals surface area contributed by atoms with E-state index in [9.17, 15) is 4.79 Å². The third-order valence-electron chi connectivity index (χ3n) is 4.54. The molecule has 6 heteroatoms. The number of benzene rings is 1. The van der Waals surface area contributed by atoms with E-state index in [1.54, 1.807) is 17.0 Å². The first-order valence-corrected chi connectivity index (χ1v) is 8.73. The van der Waals surface area contributed by atoms with E-state index in [0.717, 1.165) is 37.0 Å². The van der Waals surface area contributed by atoms with E-state index in [1.165, 1.54) is 0 Å². The SMILES string of the molecule is CN(CC1CC(c2ccc(Cl)c(Cl)c2)=NO1)C(=O)C1CCCC1. The predicted octanol–water partition coefficient (Wildman–Crippen LogP) is 4.14. The molecule has 1 amide bonds. The Kier molecular flexibility index (Phi) is 5.12. The molecule has 0 radical (unpaired) electrons. The smallest absolute Gasteiger partial charge is 0.225 e. The van der Waals surface area contributed by atoms with Crippen molar-refractivity contribution in [1.29, 1.82) is 0 Å².